The van der Waals surface area contributed by atoms with Crippen LogP contribution in [-0.4, -0.2) is 26.0 Å². The molecule has 0 atom stereocenters. The molecule has 0 saturated carbocycles. The molecule has 0 fully saturated rings. The highest BCUT2D eigenvalue weighted by Crippen LogP contribution is 2.18. The van der Waals surface area contributed by atoms with Crippen LogP contribution in [0.1, 0.15) is 27.2 Å². The molecule has 0 saturated heterocycles. The molecule has 1 aromatic carbocycles. The Morgan fingerprint density at radius 2 is 1.78 bits per heavy atom. The molecule has 18 heavy (non-hydrogen) atoms. The molecule has 1 aromatic rings. The van der Waals surface area contributed by atoms with Crippen LogP contribution < -0.4 is 5.32 Å². The molecule has 5 heteroatoms. The Morgan fingerprint density at radius 1 is 1.22 bits per heavy atom. The van der Waals surface area contributed by atoms with Crippen LogP contribution in [0.2, 0.25) is 0 Å². The van der Waals surface area contributed by atoms with E-state index in [-0.39, 0.29) is 5.78 Å². The van der Waals surface area contributed by atoms with Gasteiger partial charge in [-0.15, -0.1) is 0 Å². The van der Waals surface area contributed by atoms with Gasteiger partial charge in [0.2, 0.25) is 0 Å². The molecule has 0 aliphatic carbocycles. The van der Waals surface area contributed by atoms with Crippen molar-refractivity contribution in [2.24, 2.45) is 0 Å². The first-order chi connectivity index (χ1) is 8.34. The third-order valence-corrected chi connectivity index (χ3v) is 4.78. The van der Waals surface area contributed by atoms with Gasteiger partial charge < -0.3 is 5.32 Å². The summed E-state index contributed by atoms with van der Waals surface area (Å²) in [5.41, 5.74) is 0.818. The van der Waals surface area contributed by atoms with Gasteiger partial charge in [-0.05, 0) is 45.0 Å². The summed E-state index contributed by atoms with van der Waals surface area (Å²) in [5, 5.41) is 2.65. The Morgan fingerprint density at radius 3 is 2.22 bits per heavy atom. The maximum Gasteiger partial charge on any atom is 0.180 e. The van der Waals surface area contributed by atoms with Crippen LogP contribution >= 0.6 is 0 Å². The van der Waals surface area contributed by atoms with Crippen molar-refractivity contribution in [1.29, 1.82) is 0 Å². The Balaban J connectivity index is 2.72. The summed E-state index contributed by atoms with van der Waals surface area (Å²) in [5.74, 6) is 0.126. The van der Waals surface area contributed by atoms with Gasteiger partial charge in [0, 0.05) is 18.7 Å². The fourth-order valence-electron chi connectivity index (χ4n) is 1.42. The number of benzene rings is 1. The van der Waals surface area contributed by atoms with Crippen LogP contribution in [0.4, 0.5) is 5.69 Å². The molecule has 4 nitrogen and oxygen atoms in total. The zero-order chi connectivity index (χ0) is 13.8. The molecule has 0 unspecified atom stereocenters. The van der Waals surface area contributed by atoms with Crippen LogP contribution in [0.5, 0.6) is 0 Å². The first kappa shape index (κ1) is 14.7. The summed E-state index contributed by atoms with van der Waals surface area (Å²) >= 11 is 0. The van der Waals surface area contributed by atoms with Crippen molar-refractivity contribution in [3.05, 3.63) is 24.3 Å². The predicted octanol–water partition coefficient (Wildman–Crippen LogP) is 2.26. The molecule has 0 amide bonds. The van der Waals surface area contributed by atoms with Crippen molar-refractivity contribution in [2.45, 2.75) is 37.3 Å². The molecular weight excluding hydrogens is 250 g/mol. The van der Waals surface area contributed by atoms with Crippen LogP contribution in [-0.2, 0) is 14.6 Å². The minimum absolute atomic E-state index is 0.126. The van der Waals surface area contributed by atoms with Gasteiger partial charge in [-0.2, -0.15) is 0 Å². The zero-order valence-electron chi connectivity index (χ0n) is 10.9. The molecule has 0 radical (unpaired) electrons. The fraction of sp³-hybridized carbons (Fsp3) is 0.462. The summed E-state index contributed by atoms with van der Waals surface area (Å²) in [6.07, 6.45) is 0.464. The number of anilines is 1. The van der Waals surface area contributed by atoms with E-state index in [0.717, 1.165) is 5.69 Å². The number of sulfone groups is 1. The summed E-state index contributed by atoms with van der Waals surface area (Å²) < 4.78 is 23.8. The van der Waals surface area contributed by atoms with Crippen molar-refractivity contribution >= 4 is 21.3 Å². The minimum Gasteiger partial charge on any atom is -0.385 e. The lowest BCUT2D eigenvalue weighted by Gasteiger charge is -2.09. The number of hydrogen-bond donors (Lipinski definition) is 1. The van der Waals surface area contributed by atoms with Crippen molar-refractivity contribution in [3.63, 3.8) is 0 Å². The number of ketones is 1. The number of carbonyl (C=O) groups is 1. The van der Waals surface area contributed by atoms with Crippen molar-refractivity contribution in [1.82, 2.24) is 0 Å². The van der Waals surface area contributed by atoms with E-state index in [9.17, 15) is 13.2 Å². The summed E-state index contributed by atoms with van der Waals surface area (Å²) in [6, 6.07) is 6.61. The van der Waals surface area contributed by atoms with Crippen molar-refractivity contribution in [2.75, 3.05) is 11.9 Å². The third kappa shape index (κ3) is 3.84. The lowest BCUT2D eigenvalue weighted by atomic mass is 10.3. The second-order valence-corrected chi connectivity index (χ2v) is 7.00. The SMILES string of the molecule is CC(=O)CCNc1ccc(S(=O)(=O)C(C)C)cc1. The Labute approximate surface area is 108 Å². The van der Waals surface area contributed by atoms with Gasteiger partial charge in [0.15, 0.2) is 9.84 Å². The van der Waals surface area contributed by atoms with Crippen molar-refractivity contribution < 1.29 is 13.2 Å². The fourth-order valence-corrected chi connectivity index (χ4v) is 2.48. The average Bonchev–Trinajstić information content (AvgIpc) is 2.29. The number of nitrogens with one attached hydrogen (secondary N) is 1. The molecule has 100 valence electrons. The topological polar surface area (TPSA) is 63.2 Å². The van der Waals surface area contributed by atoms with E-state index >= 15 is 0 Å². The molecule has 1 N–H and O–H groups in total. The maximum absolute atomic E-state index is 11.9. The van der Waals surface area contributed by atoms with E-state index in [1.54, 1.807) is 45.0 Å². The molecule has 0 bridgehead atoms. The monoisotopic (exact) mass is 269 g/mol. The number of carbonyl (C=O) groups excluding carboxylic acids is 1. The summed E-state index contributed by atoms with van der Waals surface area (Å²) in [7, 11) is -3.21. The lowest BCUT2D eigenvalue weighted by Crippen LogP contribution is -2.14. The summed E-state index contributed by atoms with van der Waals surface area (Å²) in [6.45, 7) is 5.42. The molecule has 1 rings (SSSR count). The van der Waals surface area contributed by atoms with Gasteiger partial charge in [-0.25, -0.2) is 8.42 Å². The molecule has 0 aliphatic rings. The second kappa shape index (κ2) is 6.00. The maximum atomic E-state index is 11.9. The van der Waals surface area contributed by atoms with E-state index < -0.39 is 15.1 Å². The second-order valence-electron chi connectivity index (χ2n) is 4.50. The Kier molecular flexibility index (Phi) is 4.90. The van der Waals surface area contributed by atoms with Gasteiger partial charge in [0.25, 0.3) is 0 Å². The smallest absolute Gasteiger partial charge is 0.180 e. The van der Waals surface area contributed by atoms with Crippen LogP contribution in [0, 0.1) is 0 Å². The molecule has 0 spiro atoms. The first-order valence-corrected chi connectivity index (χ1v) is 7.46. The molecule has 0 aliphatic heterocycles. The van der Waals surface area contributed by atoms with Crippen molar-refractivity contribution in [3.8, 4) is 0 Å². The van der Waals surface area contributed by atoms with E-state index in [4.69, 9.17) is 0 Å². The highest BCUT2D eigenvalue weighted by molar-refractivity contribution is 7.92. The first-order valence-electron chi connectivity index (χ1n) is 5.91. The molecule has 0 aromatic heterocycles. The summed E-state index contributed by atoms with van der Waals surface area (Å²) in [4.78, 5) is 11.1. The lowest BCUT2D eigenvalue weighted by molar-refractivity contribution is -0.116. The van der Waals surface area contributed by atoms with Gasteiger partial charge in [0.05, 0.1) is 10.1 Å². The molecular formula is C13H19NO3S. The van der Waals surface area contributed by atoms with Gasteiger partial charge >= 0.3 is 0 Å². The van der Waals surface area contributed by atoms with Gasteiger partial charge in [-0.3, -0.25) is 4.79 Å². The van der Waals surface area contributed by atoms with Gasteiger partial charge in [0.1, 0.15) is 5.78 Å². The van der Waals surface area contributed by atoms with Crippen LogP contribution in [0.25, 0.3) is 0 Å². The third-order valence-electron chi connectivity index (χ3n) is 2.61. The van der Waals surface area contributed by atoms with E-state index in [1.165, 1.54) is 0 Å². The zero-order valence-corrected chi connectivity index (χ0v) is 11.8. The highest BCUT2D eigenvalue weighted by Gasteiger charge is 2.18. The number of hydrogen-bond acceptors (Lipinski definition) is 4. The Bertz CT molecular complexity index is 504. The van der Waals surface area contributed by atoms with E-state index in [0.29, 0.717) is 17.9 Å². The highest BCUT2D eigenvalue weighted by atomic mass is 32.2. The molecule has 0 heterocycles. The van der Waals surface area contributed by atoms with Gasteiger partial charge in [-0.1, -0.05) is 0 Å². The largest absolute Gasteiger partial charge is 0.385 e. The minimum atomic E-state index is -3.21. The number of rotatable bonds is 6. The van der Waals surface area contributed by atoms with E-state index in [1.807, 2.05) is 0 Å². The number of Topliss-reactive ketones (excluding diaryl/α,β-unsaturated/α-hetero) is 1. The van der Waals surface area contributed by atoms with Crippen LogP contribution in [0.3, 0.4) is 0 Å². The normalized spacial score (nSPS) is 11.6. The average molecular weight is 269 g/mol. The Hall–Kier alpha value is -1.36. The standard InChI is InChI=1S/C13H19NO3S/c1-10(2)18(16,17)13-6-4-12(5-7-13)14-9-8-11(3)15/h4-7,10,14H,8-9H2,1-3H3. The van der Waals surface area contributed by atoms with E-state index in [2.05, 4.69) is 5.32 Å². The quantitative estimate of drug-likeness (QED) is 0.860. The predicted molar refractivity (Wildman–Crippen MR) is 72.6 cm³/mol. The van der Waals surface area contributed by atoms with Crippen LogP contribution in [0.15, 0.2) is 29.2 Å².